The molecule has 0 unspecified atom stereocenters. The van der Waals surface area contributed by atoms with Crippen LogP contribution in [0.5, 0.6) is 5.75 Å². The van der Waals surface area contributed by atoms with Crippen molar-refractivity contribution in [1.29, 1.82) is 0 Å². The van der Waals surface area contributed by atoms with E-state index < -0.39 is 23.6 Å². The smallest absolute Gasteiger partial charge is 0.251 e. The van der Waals surface area contributed by atoms with Crippen LogP contribution in [-0.4, -0.2) is 121 Å². The van der Waals surface area contributed by atoms with E-state index in [1.807, 2.05) is 112 Å². The highest BCUT2D eigenvalue weighted by Crippen LogP contribution is 2.29. The van der Waals surface area contributed by atoms with E-state index in [1.54, 1.807) is 29.7 Å². The molecule has 0 aliphatic carbocycles. The van der Waals surface area contributed by atoms with Crippen molar-refractivity contribution in [2.45, 2.75) is 123 Å². The number of rotatable bonds is 30. The van der Waals surface area contributed by atoms with Gasteiger partial charge < -0.3 is 50.1 Å². The van der Waals surface area contributed by atoms with Gasteiger partial charge in [-0.1, -0.05) is 76.1 Å². The number of nitrogens with one attached hydrogen (secondary N) is 4. The number of anilines is 1. The highest BCUT2D eigenvalue weighted by atomic mass is 32.1. The maximum absolute atomic E-state index is 14.0. The minimum absolute atomic E-state index is 0.0228. The van der Waals surface area contributed by atoms with E-state index in [9.17, 15) is 24.3 Å². The third kappa shape index (κ3) is 17.7. The largest absolute Gasteiger partial charge is 0.494 e. The lowest BCUT2D eigenvalue weighted by molar-refractivity contribution is -0.144. The second-order valence-corrected chi connectivity index (χ2v) is 21.5. The molecule has 4 amide bonds. The first-order valence-corrected chi connectivity index (χ1v) is 27.8. The van der Waals surface area contributed by atoms with Crippen molar-refractivity contribution in [3.8, 4) is 27.7 Å². The van der Waals surface area contributed by atoms with Gasteiger partial charge in [-0.25, -0.2) is 15.0 Å². The maximum Gasteiger partial charge on any atom is 0.251 e. The first-order chi connectivity index (χ1) is 37.7. The average molecular weight is 1090 g/mol. The molecule has 0 saturated carbocycles. The van der Waals surface area contributed by atoms with Gasteiger partial charge in [-0.15, -0.1) is 21.5 Å². The third-order valence-electron chi connectivity index (χ3n) is 13.4. The van der Waals surface area contributed by atoms with Gasteiger partial charge in [0, 0.05) is 70.2 Å². The van der Waals surface area contributed by atoms with Gasteiger partial charge in [0.15, 0.2) is 11.6 Å². The van der Waals surface area contributed by atoms with Crippen LogP contribution in [0.3, 0.4) is 0 Å². The number of aliphatic hydroxyl groups is 1. The fourth-order valence-electron chi connectivity index (χ4n) is 8.99. The lowest BCUT2D eigenvalue weighted by Gasteiger charge is -2.35. The Labute approximate surface area is 461 Å². The molecule has 1 fully saturated rings. The first kappa shape index (κ1) is 58.6. The average Bonchev–Trinajstić information content (AvgIpc) is 4.21. The number of carbonyl (C=O) groups is 4. The lowest BCUT2D eigenvalue weighted by atomic mass is 9.85. The number of aliphatic hydroxyl groups excluding tert-OH is 1. The van der Waals surface area contributed by atoms with Crippen molar-refractivity contribution in [3.05, 3.63) is 125 Å². The number of hydrogen-bond acceptors (Lipinski definition) is 15. The molecule has 5 N–H and O–H groups in total. The molecule has 19 nitrogen and oxygen atoms in total. The number of amides is 4. The normalized spacial score (nSPS) is 14.7. The molecular formula is C58H75N11O8S. The van der Waals surface area contributed by atoms with Crippen LogP contribution >= 0.6 is 11.3 Å². The molecule has 6 aromatic rings. The summed E-state index contributed by atoms with van der Waals surface area (Å²) in [5.41, 5.74) is 7.08. The summed E-state index contributed by atoms with van der Waals surface area (Å²) in [4.78, 5) is 68.7. The second kappa shape index (κ2) is 29.6. The van der Waals surface area contributed by atoms with Crippen molar-refractivity contribution < 1.29 is 38.5 Å². The van der Waals surface area contributed by atoms with Crippen molar-refractivity contribution in [2.24, 2.45) is 12.5 Å². The molecule has 4 heterocycles. The van der Waals surface area contributed by atoms with Crippen molar-refractivity contribution in [1.82, 2.24) is 50.6 Å². The fourth-order valence-corrected chi connectivity index (χ4v) is 9.81. The zero-order valence-electron chi connectivity index (χ0n) is 45.5. The number of nitrogens with zero attached hydrogens (tertiary/aromatic N) is 7. The maximum atomic E-state index is 14.0. The van der Waals surface area contributed by atoms with E-state index in [1.165, 1.54) is 11.2 Å². The van der Waals surface area contributed by atoms with Crippen LogP contribution in [-0.2, 0) is 50.5 Å². The Morgan fingerprint density at radius 2 is 1.53 bits per heavy atom. The predicted molar refractivity (Wildman–Crippen MR) is 299 cm³/mol. The molecule has 78 heavy (non-hydrogen) atoms. The van der Waals surface area contributed by atoms with E-state index >= 15 is 0 Å². The van der Waals surface area contributed by atoms with Crippen molar-refractivity contribution in [3.63, 3.8) is 0 Å². The molecule has 1 aliphatic rings. The Bertz CT molecular complexity index is 2860. The van der Waals surface area contributed by atoms with Crippen LogP contribution in [0.15, 0.2) is 96.9 Å². The van der Waals surface area contributed by atoms with Gasteiger partial charge in [0.25, 0.3) is 5.91 Å². The zero-order valence-corrected chi connectivity index (χ0v) is 46.4. The number of likely N-dealkylation sites (tertiary alicyclic amines) is 1. The number of unbranched alkanes of at least 4 members (excludes halogenated alkanes) is 5. The molecule has 3 aromatic carbocycles. The molecule has 3 aromatic heterocycles. The van der Waals surface area contributed by atoms with Crippen molar-refractivity contribution >= 4 is 40.7 Å². The van der Waals surface area contributed by atoms with E-state index in [2.05, 4.69) is 46.4 Å². The summed E-state index contributed by atoms with van der Waals surface area (Å²) < 4.78 is 19.4. The number of carbonyl (C=O) groups excluding carboxylic acids is 4. The van der Waals surface area contributed by atoms with Crippen LogP contribution in [0.25, 0.3) is 22.0 Å². The van der Waals surface area contributed by atoms with Gasteiger partial charge in [0.1, 0.15) is 29.9 Å². The molecule has 416 valence electrons. The Balaban J connectivity index is 0.686. The first-order valence-electron chi connectivity index (χ1n) is 26.9. The second-order valence-electron chi connectivity index (χ2n) is 20.6. The highest BCUT2D eigenvalue weighted by Gasteiger charge is 2.44. The number of benzene rings is 3. The monoisotopic (exact) mass is 1090 g/mol. The van der Waals surface area contributed by atoms with E-state index in [4.69, 9.17) is 14.2 Å². The Hall–Kier alpha value is -7.13. The molecule has 7 rings (SSSR count). The number of aryl methyl sites for hydroxylation is 1. The Morgan fingerprint density at radius 3 is 2.24 bits per heavy atom. The van der Waals surface area contributed by atoms with Gasteiger partial charge in [0.05, 0.1) is 48.6 Å². The van der Waals surface area contributed by atoms with Crippen LogP contribution in [0, 0.1) is 12.3 Å². The summed E-state index contributed by atoms with van der Waals surface area (Å²) in [6.07, 6.45) is 8.84. The van der Waals surface area contributed by atoms with Gasteiger partial charge in [-0.05, 0) is 97.5 Å². The lowest BCUT2D eigenvalue weighted by Crippen LogP contribution is -2.57. The van der Waals surface area contributed by atoms with Crippen LogP contribution in [0.4, 0.5) is 5.69 Å². The molecule has 1 saturated heterocycles. The topological polar surface area (TPSA) is 237 Å². The fraction of sp³-hybridized carbons (Fsp3) is 0.466. The Kier molecular flexibility index (Phi) is 22.2. The van der Waals surface area contributed by atoms with Gasteiger partial charge >= 0.3 is 0 Å². The summed E-state index contributed by atoms with van der Waals surface area (Å²) >= 11 is 1.58. The van der Waals surface area contributed by atoms with Crippen LogP contribution in [0.1, 0.15) is 112 Å². The van der Waals surface area contributed by atoms with E-state index in [0.29, 0.717) is 69.6 Å². The molecule has 20 heteroatoms. The zero-order chi connectivity index (χ0) is 55.3. The number of aromatic nitrogens is 6. The van der Waals surface area contributed by atoms with Crippen LogP contribution < -0.4 is 26.0 Å². The standard InChI is InChI=1S/C58H75N11O8S/c1-40-52(78-39-64-40)43-22-20-41(21-23-43)34-62-56(73)49-33-46(70)37-69(49)57(74)53(58(2,3)4)65-51(71)19-9-8-11-27-76-30-29-75-26-10-6-7-12-28-77-47-18-13-15-42(31-47)35-61-55(72)44-16-14-17-45(32-44)60-36-50-66-67-54(68(50)5)48-24-25-59-38-63-48/h13-18,20-25,31-32,38-39,46,49,53,60,70H,6-12,19,26-30,33-37H2,1-5H3,(H,61,72)(H,62,73)(H,65,71)/t46-,49+,53-/m1/s1. The highest BCUT2D eigenvalue weighted by molar-refractivity contribution is 7.13. The number of β-amino-alcohol motifs (C(OH)–C–C–N with tert-alkyl or cyclic N) is 1. The van der Waals surface area contributed by atoms with E-state index in [-0.39, 0.29) is 49.6 Å². The summed E-state index contributed by atoms with van der Waals surface area (Å²) in [6, 6.07) is 23.1. The minimum atomic E-state index is -0.868. The number of ether oxygens (including phenoxy) is 3. The van der Waals surface area contributed by atoms with E-state index in [0.717, 1.165) is 83.0 Å². The molecule has 0 spiro atoms. The molecular weight excluding hydrogens is 1010 g/mol. The quantitative estimate of drug-likeness (QED) is 0.0274. The molecule has 0 radical (unpaired) electrons. The summed E-state index contributed by atoms with van der Waals surface area (Å²) in [7, 11) is 1.88. The minimum Gasteiger partial charge on any atom is -0.494 e. The van der Waals surface area contributed by atoms with Crippen LogP contribution in [0.2, 0.25) is 0 Å². The third-order valence-corrected chi connectivity index (χ3v) is 14.4. The SMILES string of the molecule is Cc1ncsc1-c1ccc(CNC(=O)[C@@H]2C[C@@H](O)CN2C(=O)[C@@H](NC(=O)CCCCCOCCOCCCCCCOc2cccc(CNC(=O)c3cccc(NCc4nnc(-c5ccncn5)n4C)c3)c2)C(C)(C)C)cc1. The summed E-state index contributed by atoms with van der Waals surface area (Å²) in [6.45, 7) is 11.5. The molecule has 0 bridgehead atoms. The molecule has 3 atom stereocenters. The number of thiazole rings is 1. The summed E-state index contributed by atoms with van der Waals surface area (Å²) in [5.74, 6) is 1.00. The number of hydrogen-bond donors (Lipinski definition) is 5. The Morgan fingerprint density at radius 1 is 0.795 bits per heavy atom. The predicted octanol–water partition coefficient (Wildman–Crippen LogP) is 7.59. The molecule has 1 aliphatic heterocycles. The summed E-state index contributed by atoms with van der Waals surface area (Å²) in [5, 5.41) is 31.4. The van der Waals surface area contributed by atoms with Gasteiger partial charge in [0.2, 0.25) is 17.7 Å². The van der Waals surface area contributed by atoms with Gasteiger partial charge in [-0.3, -0.25) is 19.2 Å². The van der Waals surface area contributed by atoms with Crippen molar-refractivity contribution in [2.75, 3.05) is 44.9 Å². The van der Waals surface area contributed by atoms with Gasteiger partial charge in [-0.2, -0.15) is 0 Å².